The molecule has 2 N–H and O–H groups in total. The third kappa shape index (κ3) is 3.50. The van der Waals surface area contributed by atoms with Crippen LogP contribution in [0.4, 0.5) is 18.9 Å². The summed E-state index contributed by atoms with van der Waals surface area (Å²) in [4.78, 5) is 12.0. The van der Waals surface area contributed by atoms with E-state index in [2.05, 4.69) is 10.6 Å². The van der Waals surface area contributed by atoms with Gasteiger partial charge in [-0.15, -0.1) is 0 Å². The number of carbonyl (C=O) groups is 1. The molecule has 1 amide bonds. The van der Waals surface area contributed by atoms with Crippen LogP contribution in [0.5, 0.6) is 0 Å². The van der Waals surface area contributed by atoms with E-state index in [1.807, 2.05) is 6.92 Å². The first-order valence-corrected chi connectivity index (χ1v) is 6.58. The van der Waals surface area contributed by atoms with Crippen LogP contribution in [0.2, 0.25) is 0 Å². The van der Waals surface area contributed by atoms with Crippen LogP contribution in [-0.4, -0.2) is 18.5 Å². The number of benzene rings is 1. The van der Waals surface area contributed by atoms with Crippen molar-refractivity contribution in [2.75, 3.05) is 11.9 Å². The van der Waals surface area contributed by atoms with Crippen LogP contribution in [0.3, 0.4) is 0 Å². The number of alkyl halides is 3. The van der Waals surface area contributed by atoms with Gasteiger partial charge in [-0.1, -0.05) is 12.1 Å². The van der Waals surface area contributed by atoms with Gasteiger partial charge in [-0.25, -0.2) is 0 Å². The standard InChI is InChI=1S/C14H17F3N2O/c1-9-6-7-10(8-18-9)13(20)19-12-5-3-2-4-11(12)14(15,16)17/h2-5,9-10,18H,6-8H2,1H3,(H,19,20). The van der Waals surface area contributed by atoms with Gasteiger partial charge in [-0.2, -0.15) is 13.2 Å². The molecule has 0 bridgehead atoms. The van der Waals surface area contributed by atoms with Gasteiger partial charge >= 0.3 is 6.18 Å². The highest BCUT2D eigenvalue weighted by molar-refractivity contribution is 5.93. The first-order chi connectivity index (χ1) is 9.38. The van der Waals surface area contributed by atoms with Gasteiger partial charge in [0, 0.05) is 12.6 Å². The van der Waals surface area contributed by atoms with Crippen LogP contribution in [-0.2, 0) is 11.0 Å². The number of para-hydroxylation sites is 1. The molecule has 0 aliphatic carbocycles. The van der Waals surface area contributed by atoms with Gasteiger partial charge < -0.3 is 10.6 Å². The summed E-state index contributed by atoms with van der Waals surface area (Å²) in [5.74, 6) is -0.645. The predicted molar refractivity (Wildman–Crippen MR) is 70.3 cm³/mol. The van der Waals surface area contributed by atoms with Crippen LogP contribution in [0.15, 0.2) is 24.3 Å². The van der Waals surface area contributed by atoms with Crippen molar-refractivity contribution < 1.29 is 18.0 Å². The summed E-state index contributed by atoms with van der Waals surface area (Å²) in [5, 5.41) is 5.56. The average Bonchev–Trinajstić information content (AvgIpc) is 2.38. The molecule has 110 valence electrons. The van der Waals surface area contributed by atoms with Crippen molar-refractivity contribution in [3.63, 3.8) is 0 Å². The van der Waals surface area contributed by atoms with Crippen molar-refractivity contribution in [2.45, 2.75) is 32.0 Å². The van der Waals surface area contributed by atoms with Crippen molar-refractivity contribution in [2.24, 2.45) is 5.92 Å². The lowest BCUT2D eigenvalue weighted by Crippen LogP contribution is -2.42. The number of amides is 1. The van der Waals surface area contributed by atoms with Crippen LogP contribution >= 0.6 is 0 Å². The number of hydrogen-bond acceptors (Lipinski definition) is 2. The molecule has 1 aliphatic heterocycles. The topological polar surface area (TPSA) is 41.1 Å². The van der Waals surface area contributed by atoms with Crippen LogP contribution in [0.25, 0.3) is 0 Å². The summed E-state index contributed by atoms with van der Waals surface area (Å²) in [6, 6.07) is 5.38. The third-order valence-corrected chi connectivity index (χ3v) is 3.52. The summed E-state index contributed by atoms with van der Waals surface area (Å²) >= 11 is 0. The van der Waals surface area contributed by atoms with Gasteiger partial charge in [-0.05, 0) is 31.9 Å². The van der Waals surface area contributed by atoms with E-state index >= 15 is 0 Å². The Balaban J connectivity index is 2.08. The lowest BCUT2D eigenvalue weighted by molar-refractivity contribution is -0.137. The lowest BCUT2D eigenvalue weighted by atomic mass is 9.94. The largest absolute Gasteiger partial charge is 0.418 e. The Morgan fingerprint density at radius 2 is 2.00 bits per heavy atom. The number of halogens is 3. The van der Waals surface area contributed by atoms with Crippen LogP contribution in [0, 0.1) is 5.92 Å². The van der Waals surface area contributed by atoms with Gasteiger partial charge in [0.05, 0.1) is 17.2 Å². The zero-order chi connectivity index (χ0) is 14.8. The monoisotopic (exact) mass is 286 g/mol. The Morgan fingerprint density at radius 3 is 2.60 bits per heavy atom. The smallest absolute Gasteiger partial charge is 0.325 e. The van der Waals surface area contributed by atoms with E-state index in [0.29, 0.717) is 19.0 Å². The van der Waals surface area contributed by atoms with Crippen LogP contribution in [0.1, 0.15) is 25.3 Å². The van der Waals surface area contributed by atoms with E-state index in [9.17, 15) is 18.0 Å². The molecule has 20 heavy (non-hydrogen) atoms. The molecule has 2 atom stereocenters. The minimum absolute atomic E-state index is 0.177. The molecule has 1 heterocycles. The van der Waals surface area contributed by atoms with Crippen molar-refractivity contribution >= 4 is 11.6 Å². The summed E-state index contributed by atoms with van der Waals surface area (Å²) in [6.07, 6.45) is -2.93. The first kappa shape index (κ1) is 14.8. The second-order valence-corrected chi connectivity index (χ2v) is 5.12. The van der Waals surface area contributed by atoms with Crippen molar-refractivity contribution in [3.8, 4) is 0 Å². The molecule has 1 aliphatic rings. The molecule has 2 unspecified atom stereocenters. The molecule has 1 aromatic rings. The fraction of sp³-hybridized carbons (Fsp3) is 0.500. The molecule has 0 radical (unpaired) electrons. The Kier molecular flexibility index (Phi) is 4.32. The van der Waals surface area contributed by atoms with Crippen molar-refractivity contribution in [1.82, 2.24) is 5.32 Å². The fourth-order valence-corrected chi connectivity index (χ4v) is 2.30. The second-order valence-electron chi connectivity index (χ2n) is 5.12. The zero-order valence-electron chi connectivity index (χ0n) is 11.1. The summed E-state index contributed by atoms with van der Waals surface area (Å²) in [5.41, 5.74) is -0.992. The highest BCUT2D eigenvalue weighted by Crippen LogP contribution is 2.34. The summed E-state index contributed by atoms with van der Waals surface area (Å²) in [6.45, 7) is 2.52. The maximum absolute atomic E-state index is 12.8. The molecule has 2 rings (SSSR count). The van der Waals surface area contributed by atoms with E-state index < -0.39 is 11.7 Å². The molecule has 1 saturated heterocycles. The quantitative estimate of drug-likeness (QED) is 0.877. The molecular formula is C14H17F3N2O. The summed E-state index contributed by atoms with van der Waals surface area (Å²) < 4.78 is 38.5. The summed E-state index contributed by atoms with van der Waals surface area (Å²) in [7, 11) is 0. The normalized spacial score (nSPS) is 23.4. The molecule has 6 heteroatoms. The van der Waals surface area contributed by atoms with E-state index in [0.717, 1.165) is 12.5 Å². The van der Waals surface area contributed by atoms with Crippen molar-refractivity contribution in [1.29, 1.82) is 0 Å². The van der Waals surface area contributed by atoms with Gasteiger partial charge in [0.2, 0.25) is 5.91 Å². The van der Waals surface area contributed by atoms with E-state index in [1.54, 1.807) is 0 Å². The Labute approximate surface area is 115 Å². The second kappa shape index (κ2) is 5.83. The van der Waals surface area contributed by atoms with Crippen molar-refractivity contribution in [3.05, 3.63) is 29.8 Å². The number of anilines is 1. The number of hydrogen-bond donors (Lipinski definition) is 2. The number of carbonyl (C=O) groups excluding carboxylic acids is 1. The lowest BCUT2D eigenvalue weighted by Gasteiger charge is -2.27. The molecule has 0 spiro atoms. The SMILES string of the molecule is CC1CCC(C(=O)Nc2ccccc2C(F)(F)F)CN1. The minimum Gasteiger partial charge on any atom is -0.325 e. The molecule has 1 fully saturated rings. The number of nitrogens with one attached hydrogen (secondary N) is 2. The van der Waals surface area contributed by atoms with E-state index in [1.165, 1.54) is 18.2 Å². The Bertz CT molecular complexity index is 480. The molecule has 0 aromatic heterocycles. The molecule has 0 saturated carbocycles. The highest BCUT2D eigenvalue weighted by Gasteiger charge is 2.34. The molecular weight excluding hydrogens is 269 g/mol. The molecule has 3 nitrogen and oxygen atoms in total. The highest BCUT2D eigenvalue weighted by atomic mass is 19.4. The van der Waals surface area contributed by atoms with E-state index in [4.69, 9.17) is 0 Å². The predicted octanol–water partition coefficient (Wildman–Crippen LogP) is 3.03. The number of piperidine rings is 1. The maximum Gasteiger partial charge on any atom is 0.418 e. The Morgan fingerprint density at radius 1 is 1.30 bits per heavy atom. The van der Waals surface area contributed by atoms with Gasteiger partial charge in [0.25, 0.3) is 0 Å². The number of rotatable bonds is 2. The average molecular weight is 286 g/mol. The fourth-order valence-electron chi connectivity index (χ4n) is 2.30. The van der Waals surface area contributed by atoms with Gasteiger partial charge in [0.15, 0.2) is 0 Å². The molecule has 1 aromatic carbocycles. The Hall–Kier alpha value is -1.56. The van der Waals surface area contributed by atoms with Gasteiger partial charge in [0.1, 0.15) is 0 Å². The van der Waals surface area contributed by atoms with Crippen LogP contribution < -0.4 is 10.6 Å². The minimum atomic E-state index is -4.47. The maximum atomic E-state index is 12.8. The third-order valence-electron chi connectivity index (χ3n) is 3.52. The van der Waals surface area contributed by atoms with Gasteiger partial charge in [-0.3, -0.25) is 4.79 Å². The van der Waals surface area contributed by atoms with E-state index in [-0.39, 0.29) is 17.5 Å². The zero-order valence-corrected chi connectivity index (χ0v) is 11.1. The first-order valence-electron chi connectivity index (χ1n) is 6.58.